The van der Waals surface area contributed by atoms with Crippen LogP contribution in [0.15, 0.2) is 47.8 Å². The lowest BCUT2D eigenvalue weighted by Crippen LogP contribution is -2.97. The Kier molecular flexibility index (Phi) is 4.36. The van der Waals surface area contributed by atoms with Gasteiger partial charge in [0.2, 0.25) is 17.4 Å². The maximum atomic E-state index is 13.3. The molecule has 0 radical (unpaired) electrons. The second-order valence-corrected chi connectivity index (χ2v) is 8.04. The number of carbonyl (C=O) groups is 3. The van der Waals surface area contributed by atoms with Crippen LogP contribution in [0.5, 0.6) is 0 Å². The molecular weight excluding hydrogens is 364 g/mol. The maximum Gasteiger partial charge on any atom is 0.368 e. The molecule has 0 saturated carbocycles. The number of imide groups is 1. The molecule has 0 bridgehead atoms. The fraction of sp³-hybridized carbons (Fsp3) is 0.350. The lowest BCUT2D eigenvalue weighted by atomic mass is 9.81. The van der Waals surface area contributed by atoms with Crippen LogP contribution < -0.4 is 10.2 Å². The molecule has 3 heterocycles. The molecule has 140 valence electrons. The highest BCUT2D eigenvalue weighted by Gasteiger charge is 2.71. The number of thiophene rings is 1. The number of nitrogens with two attached hydrogens (primary N) is 1. The Hall–Kier alpha value is -2.51. The summed E-state index contributed by atoms with van der Waals surface area (Å²) in [5.41, 5.74) is -0.593. The van der Waals surface area contributed by atoms with Gasteiger partial charge in [0, 0.05) is 6.92 Å². The highest BCUT2D eigenvalue weighted by molar-refractivity contribution is 7.10. The van der Waals surface area contributed by atoms with Gasteiger partial charge in [-0.25, -0.2) is 9.69 Å². The first-order chi connectivity index (χ1) is 13.0. The molecule has 27 heavy (non-hydrogen) atoms. The third-order valence-corrected chi connectivity index (χ3v) is 6.48. The molecule has 0 aliphatic carbocycles. The van der Waals surface area contributed by atoms with Crippen LogP contribution in [-0.4, -0.2) is 29.9 Å². The van der Waals surface area contributed by atoms with E-state index in [0.29, 0.717) is 5.69 Å². The van der Waals surface area contributed by atoms with Crippen molar-refractivity contribution in [2.75, 3.05) is 11.5 Å². The number of esters is 1. The quantitative estimate of drug-likeness (QED) is 0.639. The standard InChI is InChI=1S/C20H20N2O4S/c1-3-26-19(25)20(2)15-14(16(21-20)13-10-7-11-27-13)17(23)22(18(15)24)12-8-5-4-6-9-12/h4-11,14-16,21H,3H2,1-2H3/p+1/t14-,15-,16-,20-/m0/s1. The van der Waals surface area contributed by atoms with E-state index in [0.717, 1.165) is 4.88 Å². The first kappa shape index (κ1) is 17.9. The molecule has 2 aliphatic heterocycles. The van der Waals surface area contributed by atoms with Crippen LogP contribution in [0.2, 0.25) is 0 Å². The van der Waals surface area contributed by atoms with Crippen LogP contribution >= 0.6 is 11.3 Å². The van der Waals surface area contributed by atoms with Crippen LogP contribution in [0, 0.1) is 11.8 Å². The van der Waals surface area contributed by atoms with E-state index < -0.39 is 23.3 Å². The zero-order chi connectivity index (χ0) is 19.2. The van der Waals surface area contributed by atoms with Gasteiger partial charge in [-0.1, -0.05) is 24.3 Å². The minimum atomic E-state index is -1.13. The lowest BCUT2D eigenvalue weighted by molar-refractivity contribution is -0.730. The van der Waals surface area contributed by atoms with Crippen molar-refractivity contribution in [2.24, 2.45) is 11.8 Å². The minimum absolute atomic E-state index is 0.230. The van der Waals surface area contributed by atoms with E-state index in [1.165, 1.54) is 16.2 Å². The summed E-state index contributed by atoms with van der Waals surface area (Å²) in [6.07, 6.45) is 0. The fourth-order valence-electron chi connectivity index (χ4n) is 4.32. The number of hydrogen-bond acceptors (Lipinski definition) is 5. The number of anilines is 1. The van der Waals surface area contributed by atoms with Crippen LogP contribution in [0.25, 0.3) is 0 Å². The zero-order valence-electron chi connectivity index (χ0n) is 15.1. The van der Waals surface area contributed by atoms with Gasteiger partial charge in [0.15, 0.2) is 0 Å². The van der Waals surface area contributed by atoms with Crippen LogP contribution in [0.1, 0.15) is 24.8 Å². The topological polar surface area (TPSA) is 80.3 Å². The molecule has 1 aromatic carbocycles. The Bertz CT molecular complexity index is 883. The van der Waals surface area contributed by atoms with Gasteiger partial charge in [-0.05, 0) is 30.5 Å². The molecule has 2 N–H and O–H groups in total. The van der Waals surface area contributed by atoms with E-state index in [-0.39, 0.29) is 24.5 Å². The molecule has 2 aromatic rings. The summed E-state index contributed by atoms with van der Waals surface area (Å²) in [5.74, 6) is -2.38. The predicted molar refractivity (Wildman–Crippen MR) is 99.9 cm³/mol. The van der Waals surface area contributed by atoms with E-state index >= 15 is 0 Å². The average Bonchev–Trinajstić information content (AvgIpc) is 3.34. The molecule has 2 aliphatic rings. The number of ether oxygens (including phenoxy) is 1. The Morgan fingerprint density at radius 1 is 1.19 bits per heavy atom. The molecule has 0 unspecified atom stereocenters. The van der Waals surface area contributed by atoms with E-state index in [4.69, 9.17) is 4.74 Å². The van der Waals surface area contributed by atoms with Crippen molar-refractivity contribution in [3.05, 3.63) is 52.7 Å². The Morgan fingerprint density at radius 3 is 2.56 bits per heavy atom. The van der Waals surface area contributed by atoms with Gasteiger partial charge < -0.3 is 10.1 Å². The molecule has 2 amide bonds. The van der Waals surface area contributed by atoms with Crippen molar-refractivity contribution in [2.45, 2.75) is 25.4 Å². The first-order valence-electron chi connectivity index (χ1n) is 8.98. The normalized spacial score (nSPS) is 29.9. The van der Waals surface area contributed by atoms with Gasteiger partial charge in [-0.3, -0.25) is 9.59 Å². The number of amides is 2. The summed E-state index contributed by atoms with van der Waals surface area (Å²) in [6.45, 7) is 3.69. The van der Waals surface area contributed by atoms with E-state index in [2.05, 4.69) is 0 Å². The maximum absolute atomic E-state index is 13.3. The molecular formula is C20H21N2O4S+. The van der Waals surface area contributed by atoms with Crippen molar-refractivity contribution in [1.82, 2.24) is 0 Å². The summed E-state index contributed by atoms with van der Waals surface area (Å²) >= 11 is 1.53. The molecule has 2 saturated heterocycles. The summed E-state index contributed by atoms with van der Waals surface area (Å²) in [7, 11) is 0. The van der Waals surface area contributed by atoms with Gasteiger partial charge in [0.05, 0.1) is 17.2 Å². The van der Waals surface area contributed by atoms with Gasteiger partial charge in [-0.2, -0.15) is 0 Å². The van der Waals surface area contributed by atoms with Crippen LogP contribution in [0.3, 0.4) is 0 Å². The molecule has 4 rings (SSSR count). The van der Waals surface area contributed by atoms with E-state index in [9.17, 15) is 14.4 Å². The number of fused-ring (bicyclic) bond motifs is 1. The number of para-hydroxylation sites is 1. The van der Waals surface area contributed by atoms with Gasteiger partial charge in [0.1, 0.15) is 17.9 Å². The van der Waals surface area contributed by atoms with Gasteiger partial charge >= 0.3 is 5.97 Å². The number of carbonyl (C=O) groups excluding carboxylic acids is 3. The van der Waals surface area contributed by atoms with Crippen LogP contribution in [-0.2, 0) is 19.1 Å². The third-order valence-electron chi connectivity index (χ3n) is 5.51. The molecule has 2 fully saturated rings. The predicted octanol–water partition coefficient (Wildman–Crippen LogP) is 1.49. The van der Waals surface area contributed by atoms with E-state index in [1.807, 2.05) is 28.9 Å². The fourth-order valence-corrected chi connectivity index (χ4v) is 5.16. The first-order valence-corrected chi connectivity index (χ1v) is 9.86. The van der Waals surface area contributed by atoms with Crippen molar-refractivity contribution in [3.63, 3.8) is 0 Å². The third kappa shape index (κ3) is 2.61. The van der Waals surface area contributed by atoms with Gasteiger partial charge in [0.25, 0.3) is 0 Å². The zero-order valence-corrected chi connectivity index (χ0v) is 15.9. The lowest BCUT2D eigenvalue weighted by Gasteiger charge is -2.26. The number of quaternary nitrogens is 1. The number of rotatable bonds is 4. The molecule has 6 nitrogen and oxygen atoms in total. The Balaban J connectivity index is 1.81. The number of hydrogen-bond donors (Lipinski definition) is 1. The molecule has 4 atom stereocenters. The monoisotopic (exact) mass is 385 g/mol. The summed E-state index contributed by atoms with van der Waals surface area (Å²) in [5, 5.41) is 3.79. The second-order valence-electron chi connectivity index (χ2n) is 7.06. The largest absolute Gasteiger partial charge is 0.461 e. The van der Waals surface area contributed by atoms with Crippen molar-refractivity contribution >= 4 is 34.8 Å². The molecule has 1 aromatic heterocycles. The second kappa shape index (κ2) is 6.58. The average molecular weight is 385 g/mol. The Labute approximate surface area is 161 Å². The minimum Gasteiger partial charge on any atom is -0.461 e. The number of benzene rings is 1. The van der Waals surface area contributed by atoms with Crippen molar-refractivity contribution in [1.29, 1.82) is 0 Å². The highest BCUT2D eigenvalue weighted by atomic mass is 32.1. The SMILES string of the molecule is CCOC(=O)[C@@]1(C)[NH2+][C@@H](c2cccs2)[C@H]2C(=O)N(c3ccccc3)C(=O)[C@H]21. The highest BCUT2D eigenvalue weighted by Crippen LogP contribution is 2.46. The van der Waals surface area contributed by atoms with Crippen LogP contribution in [0.4, 0.5) is 5.69 Å². The molecule has 7 heteroatoms. The number of nitrogens with zero attached hydrogens (tertiary/aromatic N) is 1. The smallest absolute Gasteiger partial charge is 0.368 e. The van der Waals surface area contributed by atoms with Crippen molar-refractivity contribution in [3.8, 4) is 0 Å². The molecule has 0 spiro atoms. The summed E-state index contributed by atoms with van der Waals surface area (Å²) < 4.78 is 5.28. The summed E-state index contributed by atoms with van der Waals surface area (Å²) in [4.78, 5) is 41.6. The van der Waals surface area contributed by atoms with Gasteiger partial charge in [-0.15, -0.1) is 11.3 Å². The summed E-state index contributed by atoms with van der Waals surface area (Å²) in [6, 6.07) is 12.5. The Morgan fingerprint density at radius 2 is 1.93 bits per heavy atom. The van der Waals surface area contributed by atoms with E-state index in [1.54, 1.807) is 38.1 Å². The van der Waals surface area contributed by atoms with Crippen molar-refractivity contribution < 1.29 is 24.4 Å².